The topological polar surface area (TPSA) is 32.3 Å². The number of hydrogen-bond acceptors (Lipinski definition) is 2. The summed E-state index contributed by atoms with van der Waals surface area (Å²) in [6.07, 6.45) is 1.88. The van der Waals surface area contributed by atoms with E-state index in [1.807, 2.05) is 0 Å². The van der Waals surface area contributed by atoms with E-state index in [1.54, 1.807) is 0 Å². The summed E-state index contributed by atoms with van der Waals surface area (Å²) >= 11 is 0. The lowest BCUT2D eigenvalue weighted by Crippen LogP contribution is -2.40. The van der Waals surface area contributed by atoms with Gasteiger partial charge in [-0.15, -0.1) is 0 Å². The van der Waals surface area contributed by atoms with Crippen LogP contribution in [0.15, 0.2) is 48.5 Å². The summed E-state index contributed by atoms with van der Waals surface area (Å²) in [5.41, 5.74) is 5.29. The monoisotopic (exact) mass is 392 g/mol. The fourth-order valence-electron chi connectivity index (χ4n) is 3.99. The molecule has 29 heavy (non-hydrogen) atoms. The molecule has 1 aliphatic heterocycles. The molecule has 1 amide bonds. The van der Waals surface area contributed by atoms with Crippen LogP contribution in [0.5, 0.6) is 0 Å². The number of nitrogens with one attached hydrogen (secondary N) is 1. The quantitative estimate of drug-likeness (QED) is 0.741. The highest BCUT2D eigenvalue weighted by Crippen LogP contribution is 2.25. The molecule has 1 N–H and O–H groups in total. The molecule has 0 spiro atoms. The van der Waals surface area contributed by atoms with Crippen LogP contribution in [0.25, 0.3) is 0 Å². The van der Waals surface area contributed by atoms with Gasteiger partial charge in [-0.25, -0.2) is 0 Å². The Morgan fingerprint density at radius 3 is 2.17 bits per heavy atom. The lowest BCUT2D eigenvalue weighted by molar-refractivity contribution is -0.127. The van der Waals surface area contributed by atoms with Crippen molar-refractivity contribution in [2.24, 2.45) is 5.92 Å². The van der Waals surface area contributed by atoms with Gasteiger partial charge in [-0.05, 0) is 61.9 Å². The number of carbonyl (C=O) groups is 1. The molecule has 3 rings (SSSR count). The van der Waals surface area contributed by atoms with Crippen molar-refractivity contribution in [2.45, 2.75) is 65.5 Å². The zero-order valence-electron chi connectivity index (χ0n) is 18.7. The van der Waals surface area contributed by atoms with E-state index in [0.717, 1.165) is 32.5 Å². The van der Waals surface area contributed by atoms with Crippen LogP contribution in [-0.2, 0) is 16.8 Å². The predicted molar refractivity (Wildman–Crippen MR) is 121 cm³/mol. The van der Waals surface area contributed by atoms with Gasteiger partial charge in [-0.1, -0.05) is 74.9 Å². The van der Waals surface area contributed by atoms with E-state index in [9.17, 15) is 4.79 Å². The summed E-state index contributed by atoms with van der Waals surface area (Å²) in [6.45, 7) is 13.8. The second-order valence-corrected chi connectivity index (χ2v) is 9.64. The number of nitrogens with zero attached hydrogens (tertiary/aromatic N) is 1. The number of piperidine rings is 1. The number of benzene rings is 2. The van der Waals surface area contributed by atoms with E-state index in [2.05, 4.69) is 93.4 Å². The Bertz CT molecular complexity index is 794. The molecule has 1 heterocycles. The molecule has 1 atom stereocenters. The second kappa shape index (κ2) is 9.13. The van der Waals surface area contributed by atoms with Gasteiger partial charge in [0.1, 0.15) is 0 Å². The Hall–Kier alpha value is -2.13. The Morgan fingerprint density at radius 2 is 1.62 bits per heavy atom. The van der Waals surface area contributed by atoms with E-state index in [1.165, 1.54) is 22.3 Å². The Morgan fingerprint density at radius 1 is 1.03 bits per heavy atom. The average Bonchev–Trinajstić information content (AvgIpc) is 2.69. The molecule has 0 bridgehead atoms. The van der Waals surface area contributed by atoms with Crippen LogP contribution in [0.3, 0.4) is 0 Å². The third-order valence-electron chi connectivity index (χ3n) is 6.12. The van der Waals surface area contributed by atoms with Gasteiger partial charge in [0.2, 0.25) is 5.91 Å². The van der Waals surface area contributed by atoms with Gasteiger partial charge in [0.05, 0.1) is 6.04 Å². The van der Waals surface area contributed by atoms with Crippen molar-refractivity contribution in [3.8, 4) is 0 Å². The molecule has 156 valence electrons. The van der Waals surface area contributed by atoms with Crippen molar-refractivity contribution in [3.05, 3.63) is 70.8 Å². The number of amides is 1. The van der Waals surface area contributed by atoms with Crippen LogP contribution in [0.2, 0.25) is 0 Å². The molecule has 2 aromatic rings. The third-order valence-corrected chi connectivity index (χ3v) is 6.12. The number of likely N-dealkylation sites (tertiary alicyclic amines) is 1. The van der Waals surface area contributed by atoms with Gasteiger partial charge >= 0.3 is 0 Å². The highest BCUT2D eigenvalue weighted by Gasteiger charge is 2.26. The predicted octanol–water partition coefficient (Wildman–Crippen LogP) is 5.38. The molecule has 3 heteroatoms. The van der Waals surface area contributed by atoms with Crippen LogP contribution in [-0.4, -0.2) is 23.9 Å². The van der Waals surface area contributed by atoms with Crippen molar-refractivity contribution in [1.29, 1.82) is 0 Å². The smallest absolute Gasteiger partial charge is 0.223 e. The lowest BCUT2D eigenvalue weighted by Gasteiger charge is -2.32. The van der Waals surface area contributed by atoms with Crippen LogP contribution < -0.4 is 5.32 Å². The van der Waals surface area contributed by atoms with E-state index in [4.69, 9.17) is 0 Å². The first-order chi connectivity index (χ1) is 13.7. The molecule has 1 fully saturated rings. The molecule has 1 aliphatic rings. The Balaban J connectivity index is 1.48. The third kappa shape index (κ3) is 5.93. The summed E-state index contributed by atoms with van der Waals surface area (Å²) in [7, 11) is 0. The van der Waals surface area contributed by atoms with E-state index in [-0.39, 0.29) is 23.3 Å². The second-order valence-electron chi connectivity index (χ2n) is 9.64. The zero-order valence-corrected chi connectivity index (χ0v) is 18.7. The largest absolute Gasteiger partial charge is 0.349 e. The first-order valence-corrected chi connectivity index (χ1v) is 10.9. The fraction of sp³-hybridized carbons (Fsp3) is 0.500. The van der Waals surface area contributed by atoms with Gasteiger partial charge in [0, 0.05) is 12.5 Å². The summed E-state index contributed by atoms with van der Waals surface area (Å²) in [4.78, 5) is 15.2. The van der Waals surface area contributed by atoms with Crippen LogP contribution in [0, 0.1) is 12.8 Å². The summed E-state index contributed by atoms with van der Waals surface area (Å²) in [5, 5.41) is 3.24. The molecule has 0 aromatic heterocycles. The first-order valence-electron chi connectivity index (χ1n) is 10.9. The molecular formula is C26H36N2O. The molecule has 3 nitrogen and oxygen atoms in total. The van der Waals surface area contributed by atoms with Gasteiger partial charge in [0.25, 0.3) is 0 Å². The van der Waals surface area contributed by atoms with Gasteiger partial charge in [0.15, 0.2) is 0 Å². The minimum Gasteiger partial charge on any atom is -0.349 e. The highest BCUT2D eigenvalue weighted by molar-refractivity contribution is 5.79. The van der Waals surface area contributed by atoms with Crippen LogP contribution >= 0.6 is 0 Å². The molecule has 2 aromatic carbocycles. The zero-order chi connectivity index (χ0) is 21.0. The average molecular weight is 393 g/mol. The molecule has 0 radical (unpaired) electrons. The minimum atomic E-state index is 0.0436. The fourth-order valence-corrected chi connectivity index (χ4v) is 3.99. The Kier molecular flexibility index (Phi) is 6.79. The SMILES string of the molecule is Cc1ccc(CN2CCC(C(=O)N[C@@H](C)c3ccc(C(C)(C)C)cc3)CC2)cc1. The maximum atomic E-state index is 12.8. The normalized spacial score (nSPS) is 17.1. The van der Waals surface area contributed by atoms with Crippen molar-refractivity contribution < 1.29 is 4.79 Å². The number of carbonyl (C=O) groups excluding carboxylic acids is 1. The Labute approximate surface area is 176 Å². The number of hydrogen-bond donors (Lipinski definition) is 1. The van der Waals surface area contributed by atoms with Gasteiger partial charge in [-0.2, -0.15) is 0 Å². The molecule has 0 unspecified atom stereocenters. The molecule has 0 aliphatic carbocycles. The molecule has 0 saturated carbocycles. The van der Waals surface area contributed by atoms with E-state index < -0.39 is 0 Å². The first kappa shape index (κ1) is 21.6. The van der Waals surface area contributed by atoms with Gasteiger partial charge < -0.3 is 5.32 Å². The molecular weight excluding hydrogens is 356 g/mol. The summed E-state index contributed by atoms with van der Waals surface area (Å²) in [5.74, 6) is 0.327. The van der Waals surface area contributed by atoms with Crippen molar-refractivity contribution in [1.82, 2.24) is 10.2 Å². The maximum absolute atomic E-state index is 12.8. The summed E-state index contributed by atoms with van der Waals surface area (Å²) in [6, 6.07) is 17.5. The molecule has 1 saturated heterocycles. The summed E-state index contributed by atoms with van der Waals surface area (Å²) < 4.78 is 0. The van der Waals surface area contributed by atoms with E-state index >= 15 is 0 Å². The van der Waals surface area contributed by atoms with Crippen molar-refractivity contribution >= 4 is 5.91 Å². The van der Waals surface area contributed by atoms with Crippen molar-refractivity contribution in [2.75, 3.05) is 13.1 Å². The highest BCUT2D eigenvalue weighted by atomic mass is 16.1. The minimum absolute atomic E-state index is 0.0436. The van der Waals surface area contributed by atoms with Crippen LogP contribution in [0.1, 0.15) is 68.8 Å². The van der Waals surface area contributed by atoms with E-state index in [0.29, 0.717) is 0 Å². The maximum Gasteiger partial charge on any atom is 0.223 e. The van der Waals surface area contributed by atoms with Crippen molar-refractivity contribution in [3.63, 3.8) is 0 Å². The number of aryl methyl sites for hydroxylation is 1. The van der Waals surface area contributed by atoms with Gasteiger partial charge in [-0.3, -0.25) is 9.69 Å². The standard InChI is InChI=1S/C26H36N2O/c1-19-6-8-21(9-7-19)18-28-16-14-23(15-17-28)25(29)27-20(2)22-10-12-24(13-11-22)26(3,4)5/h6-13,20,23H,14-18H2,1-5H3,(H,27,29)/t20-/m0/s1. The lowest BCUT2D eigenvalue weighted by atomic mass is 9.86. The number of rotatable bonds is 5. The van der Waals surface area contributed by atoms with Crippen LogP contribution in [0.4, 0.5) is 0 Å².